The third kappa shape index (κ3) is 3.33. The van der Waals surface area contributed by atoms with Gasteiger partial charge in [0.2, 0.25) is 0 Å². The molecule has 3 rings (SSSR count). The summed E-state index contributed by atoms with van der Waals surface area (Å²) in [5, 5.41) is 3.09. The van der Waals surface area contributed by atoms with Gasteiger partial charge in [-0.15, -0.1) is 0 Å². The van der Waals surface area contributed by atoms with Crippen LogP contribution in [0.5, 0.6) is 5.75 Å². The van der Waals surface area contributed by atoms with Crippen LogP contribution in [0, 0.1) is 12.8 Å². The first-order valence-corrected chi connectivity index (χ1v) is 9.06. The van der Waals surface area contributed by atoms with E-state index in [0.717, 1.165) is 17.5 Å². The van der Waals surface area contributed by atoms with Gasteiger partial charge >= 0.3 is 0 Å². The monoisotopic (exact) mass is 329 g/mol. The largest absolute Gasteiger partial charge is 0.483 e. The van der Waals surface area contributed by atoms with Crippen molar-refractivity contribution in [1.29, 1.82) is 0 Å². The first kappa shape index (κ1) is 17.0. The van der Waals surface area contributed by atoms with E-state index >= 15 is 0 Å². The highest BCUT2D eigenvalue weighted by Gasteiger charge is 2.31. The van der Waals surface area contributed by atoms with Crippen molar-refractivity contribution in [2.24, 2.45) is 5.92 Å². The van der Waals surface area contributed by atoms with Gasteiger partial charge in [-0.05, 0) is 48.8 Å². The summed E-state index contributed by atoms with van der Waals surface area (Å²) in [6, 6.07) is 4.05. The predicted molar refractivity (Wildman–Crippen MR) is 93.6 cm³/mol. The van der Waals surface area contributed by atoms with Crippen LogP contribution in [0.2, 0.25) is 0 Å². The molecule has 0 radical (unpaired) electrons. The van der Waals surface area contributed by atoms with E-state index in [2.05, 4.69) is 19.2 Å². The number of carbonyl (C=O) groups excluding carboxylic acids is 2. The molecule has 1 aromatic rings. The maximum atomic E-state index is 12.3. The molecule has 2 aliphatic carbocycles. The molecule has 130 valence electrons. The molecule has 0 bridgehead atoms. The molecule has 4 nitrogen and oxygen atoms in total. The van der Waals surface area contributed by atoms with Gasteiger partial charge < -0.3 is 10.1 Å². The van der Waals surface area contributed by atoms with E-state index < -0.39 is 0 Å². The number of hydrogen-bond donors (Lipinski definition) is 1. The van der Waals surface area contributed by atoms with Crippen molar-refractivity contribution in [2.75, 3.05) is 6.61 Å². The lowest BCUT2D eigenvalue weighted by atomic mass is 9.86. The molecule has 1 fully saturated rings. The Morgan fingerprint density at radius 3 is 2.75 bits per heavy atom. The smallest absolute Gasteiger partial charge is 0.258 e. The van der Waals surface area contributed by atoms with Gasteiger partial charge in [0.15, 0.2) is 12.4 Å². The van der Waals surface area contributed by atoms with E-state index in [9.17, 15) is 9.59 Å². The fourth-order valence-electron chi connectivity index (χ4n) is 4.15. The lowest BCUT2D eigenvalue weighted by molar-refractivity contribution is -0.124. The van der Waals surface area contributed by atoms with Crippen LogP contribution in [0.4, 0.5) is 0 Å². The van der Waals surface area contributed by atoms with Crippen molar-refractivity contribution in [3.63, 3.8) is 0 Å². The Morgan fingerprint density at radius 1 is 1.25 bits per heavy atom. The van der Waals surface area contributed by atoms with E-state index in [1.165, 1.54) is 19.3 Å². The van der Waals surface area contributed by atoms with E-state index in [1.807, 2.05) is 19.1 Å². The molecule has 0 saturated heterocycles. The van der Waals surface area contributed by atoms with Gasteiger partial charge in [-0.3, -0.25) is 9.59 Å². The van der Waals surface area contributed by atoms with Gasteiger partial charge in [-0.2, -0.15) is 0 Å². The average Bonchev–Trinajstić information content (AvgIpc) is 2.85. The van der Waals surface area contributed by atoms with Crippen LogP contribution in [0.15, 0.2) is 12.1 Å². The van der Waals surface area contributed by atoms with E-state index in [4.69, 9.17) is 4.74 Å². The molecule has 1 aromatic carbocycles. The van der Waals surface area contributed by atoms with Crippen molar-refractivity contribution in [2.45, 2.75) is 64.8 Å². The van der Waals surface area contributed by atoms with Crippen LogP contribution in [0.3, 0.4) is 0 Å². The third-order valence-corrected chi connectivity index (χ3v) is 5.51. The SMILES string of the molecule is Cc1ccc(OCC(=O)N[C@@H]2CCCC[C@H]2C)c2c1[C@@H](C)CC2=O. The molecule has 0 unspecified atom stereocenters. The number of fused-ring (bicyclic) bond motifs is 1. The highest BCUT2D eigenvalue weighted by Crippen LogP contribution is 2.40. The van der Waals surface area contributed by atoms with Gasteiger partial charge in [-0.1, -0.05) is 32.8 Å². The van der Waals surface area contributed by atoms with E-state index in [-0.39, 0.29) is 30.3 Å². The zero-order chi connectivity index (χ0) is 17.3. The molecule has 4 heteroatoms. The van der Waals surface area contributed by atoms with E-state index in [0.29, 0.717) is 23.7 Å². The fourth-order valence-corrected chi connectivity index (χ4v) is 4.15. The predicted octanol–water partition coefficient (Wildman–Crippen LogP) is 3.76. The first-order chi connectivity index (χ1) is 11.5. The lowest BCUT2D eigenvalue weighted by Gasteiger charge is -2.29. The number of amides is 1. The number of rotatable bonds is 4. The second kappa shape index (κ2) is 6.96. The summed E-state index contributed by atoms with van der Waals surface area (Å²) in [5.41, 5.74) is 2.89. The summed E-state index contributed by atoms with van der Waals surface area (Å²) in [7, 11) is 0. The Kier molecular flexibility index (Phi) is 4.93. The second-order valence-electron chi connectivity index (χ2n) is 7.42. The van der Waals surface area contributed by atoms with Crippen molar-refractivity contribution >= 4 is 11.7 Å². The zero-order valence-corrected chi connectivity index (χ0v) is 14.9. The number of ketones is 1. The number of carbonyl (C=O) groups is 2. The normalized spacial score (nSPS) is 26.1. The number of hydrogen-bond acceptors (Lipinski definition) is 3. The van der Waals surface area contributed by atoms with Crippen LogP contribution in [0.25, 0.3) is 0 Å². The lowest BCUT2D eigenvalue weighted by Crippen LogP contribution is -2.43. The molecular weight excluding hydrogens is 302 g/mol. The van der Waals surface area contributed by atoms with Crippen molar-refractivity contribution in [1.82, 2.24) is 5.32 Å². The summed E-state index contributed by atoms with van der Waals surface area (Å²) >= 11 is 0. The maximum absolute atomic E-state index is 12.3. The highest BCUT2D eigenvalue weighted by molar-refractivity contribution is 6.04. The van der Waals surface area contributed by atoms with Crippen molar-refractivity contribution in [3.05, 3.63) is 28.8 Å². The van der Waals surface area contributed by atoms with Gasteiger partial charge in [0.1, 0.15) is 5.75 Å². The van der Waals surface area contributed by atoms with Crippen molar-refractivity contribution in [3.8, 4) is 5.75 Å². The zero-order valence-electron chi connectivity index (χ0n) is 14.9. The van der Waals surface area contributed by atoms with Gasteiger partial charge in [-0.25, -0.2) is 0 Å². The molecule has 0 aliphatic heterocycles. The van der Waals surface area contributed by atoms with Gasteiger partial charge in [0.25, 0.3) is 5.91 Å². The Balaban J connectivity index is 1.65. The highest BCUT2D eigenvalue weighted by atomic mass is 16.5. The summed E-state index contributed by atoms with van der Waals surface area (Å²) in [4.78, 5) is 24.5. The summed E-state index contributed by atoms with van der Waals surface area (Å²) in [6.07, 6.45) is 5.17. The Hall–Kier alpha value is -1.84. The standard InChI is InChI=1S/C20H27NO3/c1-12-6-4-5-7-15(12)21-18(23)11-24-17-9-8-13(2)19-14(3)10-16(22)20(17)19/h8-9,12,14-15H,4-7,10-11H2,1-3H3,(H,21,23)/t12-,14+,15-/m1/s1. The number of Topliss-reactive ketones (excluding diaryl/α,β-unsaturated/α-hetero) is 1. The Morgan fingerprint density at radius 2 is 2.00 bits per heavy atom. The number of nitrogens with one attached hydrogen (secondary N) is 1. The fraction of sp³-hybridized carbons (Fsp3) is 0.600. The first-order valence-electron chi connectivity index (χ1n) is 9.06. The van der Waals surface area contributed by atoms with Crippen LogP contribution >= 0.6 is 0 Å². The molecule has 24 heavy (non-hydrogen) atoms. The molecule has 1 N–H and O–H groups in total. The third-order valence-electron chi connectivity index (χ3n) is 5.51. The second-order valence-corrected chi connectivity index (χ2v) is 7.42. The van der Waals surface area contributed by atoms with Gasteiger partial charge in [0.05, 0.1) is 5.56 Å². The summed E-state index contributed by atoms with van der Waals surface area (Å²) < 4.78 is 5.73. The molecule has 2 aliphatic rings. The maximum Gasteiger partial charge on any atom is 0.258 e. The summed E-state index contributed by atoms with van der Waals surface area (Å²) in [5.74, 6) is 1.33. The average molecular weight is 329 g/mol. The topological polar surface area (TPSA) is 55.4 Å². The number of aryl methyl sites for hydroxylation is 1. The number of ether oxygens (including phenoxy) is 1. The molecule has 0 spiro atoms. The van der Waals surface area contributed by atoms with Crippen molar-refractivity contribution < 1.29 is 14.3 Å². The molecule has 3 atom stereocenters. The van der Waals surface area contributed by atoms with E-state index in [1.54, 1.807) is 0 Å². The Labute approximate surface area is 144 Å². The number of benzene rings is 1. The van der Waals surface area contributed by atoms with Crippen LogP contribution in [-0.4, -0.2) is 24.3 Å². The Bertz CT molecular complexity index is 653. The molecule has 1 saturated carbocycles. The molecule has 1 amide bonds. The minimum Gasteiger partial charge on any atom is -0.483 e. The van der Waals surface area contributed by atoms with Crippen LogP contribution in [0.1, 0.15) is 73.4 Å². The molecule has 0 heterocycles. The van der Waals surface area contributed by atoms with Gasteiger partial charge in [0, 0.05) is 12.5 Å². The molecule has 0 aromatic heterocycles. The quantitative estimate of drug-likeness (QED) is 0.915. The van der Waals surface area contributed by atoms with Crippen LogP contribution < -0.4 is 10.1 Å². The minimum absolute atomic E-state index is 0.0274. The summed E-state index contributed by atoms with van der Waals surface area (Å²) in [6.45, 7) is 6.25. The molecular formula is C20H27NO3. The minimum atomic E-state index is -0.0958. The van der Waals surface area contributed by atoms with Crippen LogP contribution in [-0.2, 0) is 4.79 Å².